The number of hydrogen-bond acceptors (Lipinski definition) is 12. The Kier molecular flexibility index (Phi) is 5.97. The first-order valence-corrected chi connectivity index (χ1v) is 15.1. The molecule has 4 aromatic heterocycles. The van der Waals surface area contributed by atoms with E-state index in [9.17, 15) is 0 Å². The molecule has 0 radical (unpaired) electrons. The molecule has 0 spiro atoms. The van der Waals surface area contributed by atoms with E-state index in [4.69, 9.17) is 28.9 Å². The summed E-state index contributed by atoms with van der Waals surface area (Å²) in [5, 5.41) is 11.1. The van der Waals surface area contributed by atoms with E-state index in [1.807, 2.05) is 41.8 Å². The molecule has 210 valence electrons. The third kappa shape index (κ3) is 4.39. The van der Waals surface area contributed by atoms with Crippen molar-refractivity contribution in [2.24, 2.45) is 0 Å². The van der Waals surface area contributed by atoms with Gasteiger partial charge in [0.05, 0.1) is 27.7 Å². The van der Waals surface area contributed by atoms with Gasteiger partial charge < -0.3 is 29.6 Å². The van der Waals surface area contributed by atoms with Crippen LogP contribution in [0.3, 0.4) is 0 Å². The number of benzene rings is 2. The minimum absolute atomic E-state index is 0.0202. The SMILES string of the molecule is C[C@H](Nc1ncnc2sc(-c3nc(N[C@H](C)c4ccc5c(c4)OCO5)c4ccsc4n3)cc12)c1ccc2c(c1)OCO2. The average Bonchev–Trinajstić information content (AvgIpc) is 3.82. The summed E-state index contributed by atoms with van der Waals surface area (Å²) in [4.78, 5) is 21.7. The minimum atomic E-state index is -0.0212. The van der Waals surface area contributed by atoms with Gasteiger partial charge in [0.25, 0.3) is 0 Å². The summed E-state index contributed by atoms with van der Waals surface area (Å²) in [5.41, 5.74) is 2.15. The van der Waals surface area contributed by atoms with Crippen LogP contribution in [0, 0.1) is 0 Å². The number of fused-ring (bicyclic) bond motifs is 4. The topological polar surface area (TPSA) is 113 Å². The van der Waals surface area contributed by atoms with Crippen molar-refractivity contribution in [2.45, 2.75) is 25.9 Å². The Labute approximate surface area is 248 Å². The minimum Gasteiger partial charge on any atom is -0.454 e. The summed E-state index contributed by atoms with van der Waals surface area (Å²) in [5.74, 6) is 5.21. The van der Waals surface area contributed by atoms with E-state index in [0.717, 1.165) is 71.1 Å². The molecule has 0 saturated carbocycles. The highest BCUT2D eigenvalue weighted by Gasteiger charge is 2.21. The highest BCUT2D eigenvalue weighted by molar-refractivity contribution is 7.22. The number of nitrogens with zero attached hydrogens (tertiary/aromatic N) is 4. The van der Waals surface area contributed by atoms with Crippen LogP contribution in [0.2, 0.25) is 0 Å². The third-order valence-corrected chi connectivity index (χ3v) is 9.22. The van der Waals surface area contributed by atoms with Gasteiger partial charge in [-0.25, -0.2) is 19.9 Å². The maximum Gasteiger partial charge on any atom is 0.231 e. The molecule has 2 aliphatic rings. The van der Waals surface area contributed by atoms with Gasteiger partial charge in [0.15, 0.2) is 28.8 Å². The molecule has 0 aliphatic carbocycles. The molecular weight excluding hydrogens is 573 g/mol. The van der Waals surface area contributed by atoms with E-state index in [0.29, 0.717) is 5.82 Å². The zero-order chi connectivity index (χ0) is 28.2. The summed E-state index contributed by atoms with van der Waals surface area (Å²) < 4.78 is 22.1. The Morgan fingerprint density at radius 1 is 0.690 bits per heavy atom. The van der Waals surface area contributed by atoms with Crippen LogP contribution in [0.5, 0.6) is 23.0 Å². The maximum atomic E-state index is 5.58. The van der Waals surface area contributed by atoms with Gasteiger partial charge in [0.1, 0.15) is 27.6 Å². The Hall–Kier alpha value is -4.68. The van der Waals surface area contributed by atoms with Gasteiger partial charge in [0, 0.05) is 0 Å². The van der Waals surface area contributed by atoms with Gasteiger partial charge in [0.2, 0.25) is 13.6 Å². The molecule has 12 heteroatoms. The molecule has 0 fully saturated rings. The first-order chi connectivity index (χ1) is 20.6. The Balaban J connectivity index is 1.10. The van der Waals surface area contributed by atoms with E-state index in [1.165, 1.54) is 0 Å². The second kappa shape index (κ2) is 10.00. The molecule has 8 rings (SSSR count). The first kappa shape index (κ1) is 25.1. The van der Waals surface area contributed by atoms with Crippen molar-refractivity contribution in [3.63, 3.8) is 0 Å². The third-order valence-electron chi connectivity index (χ3n) is 7.37. The number of hydrogen-bond donors (Lipinski definition) is 2. The van der Waals surface area contributed by atoms with E-state index >= 15 is 0 Å². The van der Waals surface area contributed by atoms with E-state index in [-0.39, 0.29) is 25.7 Å². The zero-order valence-corrected chi connectivity index (χ0v) is 24.2. The monoisotopic (exact) mass is 596 g/mol. The van der Waals surface area contributed by atoms with E-state index in [2.05, 4.69) is 46.6 Å². The highest BCUT2D eigenvalue weighted by Crippen LogP contribution is 2.39. The van der Waals surface area contributed by atoms with Crippen molar-refractivity contribution in [1.29, 1.82) is 0 Å². The van der Waals surface area contributed by atoms with E-state index < -0.39 is 0 Å². The fourth-order valence-corrected chi connectivity index (χ4v) is 6.80. The molecule has 2 aromatic carbocycles. The maximum absolute atomic E-state index is 5.58. The van der Waals surface area contributed by atoms with Crippen LogP contribution in [-0.2, 0) is 0 Å². The second-order valence-corrected chi connectivity index (χ2v) is 12.0. The van der Waals surface area contributed by atoms with Crippen molar-refractivity contribution in [3.05, 3.63) is 71.4 Å². The van der Waals surface area contributed by atoms with Crippen molar-refractivity contribution in [3.8, 4) is 33.7 Å². The standard InChI is InChI=1S/C30H24N6O4S2/c1-15(17-3-5-21-23(9-17)39-13-37-21)33-26-20-11-25(42-29(20)32-12-31-26)28-35-27(19-7-8-41-30(19)36-28)34-16(2)18-4-6-22-24(10-18)40-14-38-22/h3-12,15-16H,13-14H2,1-2H3,(H,31,32,33)(H,34,35,36)/t15-,16+/m0/s1. The normalized spacial score (nSPS) is 14.8. The van der Waals surface area contributed by atoms with Crippen molar-refractivity contribution < 1.29 is 18.9 Å². The van der Waals surface area contributed by atoms with Gasteiger partial charge in [-0.15, -0.1) is 22.7 Å². The fourth-order valence-electron chi connectivity index (χ4n) is 5.10. The molecule has 0 amide bonds. The molecule has 2 aliphatic heterocycles. The van der Waals surface area contributed by atoms with Crippen LogP contribution in [0.4, 0.5) is 11.6 Å². The lowest BCUT2D eigenvalue weighted by Crippen LogP contribution is -2.09. The molecule has 0 saturated heterocycles. The second-order valence-electron chi connectivity index (χ2n) is 10.0. The number of rotatable bonds is 7. The molecule has 0 unspecified atom stereocenters. The lowest BCUT2D eigenvalue weighted by molar-refractivity contribution is 0.173. The van der Waals surface area contributed by atoms with Gasteiger partial charge in [-0.05, 0) is 66.8 Å². The Morgan fingerprint density at radius 3 is 2.07 bits per heavy atom. The van der Waals surface area contributed by atoms with Crippen molar-refractivity contribution >= 4 is 54.7 Å². The Morgan fingerprint density at radius 2 is 1.36 bits per heavy atom. The van der Waals surface area contributed by atoms with Crippen LogP contribution < -0.4 is 29.6 Å². The molecular formula is C30H24N6O4S2. The van der Waals surface area contributed by atoms with Crippen molar-refractivity contribution in [1.82, 2.24) is 19.9 Å². The van der Waals surface area contributed by atoms with Crippen LogP contribution in [0.15, 0.2) is 60.2 Å². The summed E-state index contributed by atoms with van der Waals surface area (Å²) in [6.45, 7) is 4.69. The molecule has 6 heterocycles. The van der Waals surface area contributed by atoms with Crippen molar-refractivity contribution in [2.75, 3.05) is 24.2 Å². The number of ether oxygens (including phenoxy) is 4. The van der Waals surface area contributed by atoms with Gasteiger partial charge >= 0.3 is 0 Å². The zero-order valence-electron chi connectivity index (χ0n) is 22.6. The number of anilines is 2. The van der Waals surface area contributed by atoms with Crippen LogP contribution in [0.25, 0.3) is 31.1 Å². The predicted octanol–water partition coefficient (Wildman–Crippen LogP) is 7.17. The predicted molar refractivity (Wildman–Crippen MR) is 163 cm³/mol. The fraction of sp³-hybridized carbons (Fsp3) is 0.200. The van der Waals surface area contributed by atoms with Gasteiger partial charge in [-0.2, -0.15) is 0 Å². The van der Waals surface area contributed by atoms with Gasteiger partial charge in [-0.1, -0.05) is 12.1 Å². The molecule has 10 nitrogen and oxygen atoms in total. The summed E-state index contributed by atoms with van der Waals surface area (Å²) in [6.07, 6.45) is 1.58. The first-order valence-electron chi connectivity index (χ1n) is 13.4. The van der Waals surface area contributed by atoms with Crippen LogP contribution in [0.1, 0.15) is 37.1 Å². The summed E-state index contributed by atoms with van der Waals surface area (Å²) >= 11 is 3.14. The number of aromatic nitrogens is 4. The van der Waals surface area contributed by atoms with E-state index in [1.54, 1.807) is 29.0 Å². The number of nitrogens with one attached hydrogen (secondary N) is 2. The smallest absolute Gasteiger partial charge is 0.231 e. The van der Waals surface area contributed by atoms with Crippen LogP contribution >= 0.6 is 22.7 Å². The lowest BCUT2D eigenvalue weighted by Gasteiger charge is -2.16. The highest BCUT2D eigenvalue weighted by atomic mass is 32.1. The lowest BCUT2D eigenvalue weighted by atomic mass is 10.1. The number of thiophene rings is 2. The summed E-state index contributed by atoms with van der Waals surface area (Å²) in [7, 11) is 0. The van der Waals surface area contributed by atoms with Crippen LogP contribution in [-0.4, -0.2) is 33.5 Å². The molecule has 0 bridgehead atoms. The molecule has 2 N–H and O–H groups in total. The Bertz CT molecular complexity index is 1980. The molecule has 42 heavy (non-hydrogen) atoms. The quantitative estimate of drug-likeness (QED) is 0.197. The van der Waals surface area contributed by atoms with Gasteiger partial charge in [-0.3, -0.25) is 0 Å². The summed E-state index contributed by atoms with van der Waals surface area (Å²) in [6, 6.07) is 16.0. The molecule has 2 atom stereocenters. The average molecular weight is 597 g/mol. The largest absolute Gasteiger partial charge is 0.454 e. The molecule has 6 aromatic rings.